The molecule has 134 valence electrons. The number of para-hydroxylation sites is 1. The zero-order valence-electron chi connectivity index (χ0n) is 14.6. The molecule has 1 aromatic heterocycles. The third-order valence-electron chi connectivity index (χ3n) is 3.94. The van der Waals surface area contributed by atoms with Crippen molar-refractivity contribution in [3.05, 3.63) is 65.7 Å². The molecule has 0 aliphatic carbocycles. The fraction of sp³-hybridized carbons (Fsp3) is 0.158. The fourth-order valence-electron chi connectivity index (χ4n) is 2.58. The Morgan fingerprint density at radius 1 is 1.12 bits per heavy atom. The van der Waals surface area contributed by atoms with Gasteiger partial charge in [0.25, 0.3) is 5.91 Å². The van der Waals surface area contributed by atoms with Crippen LogP contribution in [0.2, 0.25) is 0 Å². The first-order valence-electron chi connectivity index (χ1n) is 7.87. The third-order valence-corrected chi connectivity index (χ3v) is 3.94. The van der Waals surface area contributed by atoms with E-state index in [1.54, 1.807) is 43.3 Å². The lowest BCUT2D eigenvalue weighted by Crippen LogP contribution is -2.13. The van der Waals surface area contributed by atoms with Gasteiger partial charge in [-0.25, -0.2) is 9.07 Å². The van der Waals surface area contributed by atoms with E-state index in [9.17, 15) is 9.18 Å². The number of carbonyl (C=O) groups excluding carboxylic acids is 1. The van der Waals surface area contributed by atoms with Crippen molar-refractivity contribution in [1.29, 1.82) is 0 Å². The molecule has 3 aromatic rings. The Labute approximate surface area is 150 Å². The predicted molar refractivity (Wildman–Crippen MR) is 95.8 cm³/mol. The largest absolute Gasteiger partial charge is 0.497 e. The molecule has 3 rings (SSSR count). The van der Waals surface area contributed by atoms with E-state index in [-0.39, 0.29) is 11.6 Å². The molecule has 7 heteroatoms. The van der Waals surface area contributed by atoms with Crippen molar-refractivity contribution in [2.24, 2.45) is 0 Å². The maximum atomic E-state index is 14.0. The lowest BCUT2D eigenvalue weighted by molar-refractivity contribution is 0.102. The highest BCUT2D eigenvalue weighted by Crippen LogP contribution is 2.26. The second-order valence-electron chi connectivity index (χ2n) is 5.56. The summed E-state index contributed by atoms with van der Waals surface area (Å²) in [6.45, 7) is 1.71. The molecule has 0 aliphatic heterocycles. The minimum absolute atomic E-state index is 0.284. The Hall–Kier alpha value is -3.35. The molecule has 0 unspecified atom stereocenters. The van der Waals surface area contributed by atoms with E-state index in [4.69, 9.17) is 9.47 Å². The maximum Gasteiger partial charge on any atom is 0.259 e. The zero-order chi connectivity index (χ0) is 18.7. The highest BCUT2D eigenvalue weighted by molar-refractivity contribution is 6.05. The minimum atomic E-state index is -0.414. The van der Waals surface area contributed by atoms with Crippen molar-refractivity contribution in [3.63, 3.8) is 0 Å². The Kier molecular flexibility index (Phi) is 4.88. The maximum absolute atomic E-state index is 14.0. The van der Waals surface area contributed by atoms with Gasteiger partial charge in [-0.2, -0.15) is 5.10 Å². The average molecular weight is 355 g/mol. The number of hydrogen-bond donors (Lipinski definition) is 1. The van der Waals surface area contributed by atoms with Crippen LogP contribution in [0.5, 0.6) is 11.5 Å². The number of benzene rings is 2. The van der Waals surface area contributed by atoms with Crippen molar-refractivity contribution in [2.45, 2.75) is 6.92 Å². The number of rotatable bonds is 5. The van der Waals surface area contributed by atoms with Crippen LogP contribution >= 0.6 is 0 Å². The highest BCUT2D eigenvalue weighted by Gasteiger charge is 2.17. The first-order chi connectivity index (χ1) is 12.5. The minimum Gasteiger partial charge on any atom is -0.497 e. The molecule has 0 saturated carbocycles. The van der Waals surface area contributed by atoms with Crippen LogP contribution in [0.4, 0.5) is 10.1 Å². The van der Waals surface area contributed by atoms with E-state index >= 15 is 0 Å². The molecule has 2 aromatic carbocycles. The summed E-state index contributed by atoms with van der Waals surface area (Å²) in [4.78, 5) is 12.6. The van der Waals surface area contributed by atoms with Gasteiger partial charge in [-0.1, -0.05) is 12.1 Å². The number of amides is 1. The van der Waals surface area contributed by atoms with E-state index in [2.05, 4.69) is 10.4 Å². The van der Waals surface area contributed by atoms with Gasteiger partial charge in [0.1, 0.15) is 23.0 Å². The predicted octanol–water partition coefficient (Wildman–Crippen LogP) is 3.59. The van der Waals surface area contributed by atoms with E-state index in [1.165, 1.54) is 31.2 Å². The van der Waals surface area contributed by atoms with Crippen LogP contribution in [0, 0.1) is 12.7 Å². The Bertz CT molecular complexity index is 931. The van der Waals surface area contributed by atoms with Gasteiger partial charge >= 0.3 is 0 Å². The third kappa shape index (κ3) is 3.37. The number of aromatic nitrogens is 2. The molecule has 1 N–H and O–H groups in total. The normalized spacial score (nSPS) is 10.5. The van der Waals surface area contributed by atoms with Crippen molar-refractivity contribution in [2.75, 3.05) is 19.5 Å². The molecular weight excluding hydrogens is 337 g/mol. The summed E-state index contributed by atoms with van der Waals surface area (Å²) >= 11 is 0. The Balaban J connectivity index is 1.89. The first kappa shape index (κ1) is 17.5. The molecule has 0 radical (unpaired) electrons. The topological polar surface area (TPSA) is 65.4 Å². The molecule has 1 heterocycles. The van der Waals surface area contributed by atoms with Crippen LogP contribution in [0.1, 0.15) is 16.1 Å². The summed E-state index contributed by atoms with van der Waals surface area (Å²) in [7, 11) is 3.06. The van der Waals surface area contributed by atoms with E-state index < -0.39 is 5.82 Å². The molecule has 6 nitrogen and oxygen atoms in total. The molecule has 0 spiro atoms. The summed E-state index contributed by atoms with van der Waals surface area (Å²) < 4.78 is 25.8. The number of ether oxygens (including phenoxy) is 2. The first-order valence-corrected chi connectivity index (χ1v) is 7.87. The monoisotopic (exact) mass is 355 g/mol. The molecule has 0 atom stereocenters. The van der Waals surface area contributed by atoms with Gasteiger partial charge < -0.3 is 14.8 Å². The lowest BCUT2D eigenvalue weighted by atomic mass is 10.2. The van der Waals surface area contributed by atoms with Crippen LogP contribution in [0.25, 0.3) is 5.69 Å². The summed E-state index contributed by atoms with van der Waals surface area (Å²) in [6.07, 6.45) is 1.41. The summed E-state index contributed by atoms with van der Waals surface area (Å²) in [5.41, 5.74) is 1.67. The number of anilines is 1. The van der Waals surface area contributed by atoms with Gasteiger partial charge in [0.05, 0.1) is 31.7 Å². The second-order valence-corrected chi connectivity index (χ2v) is 5.56. The van der Waals surface area contributed by atoms with Crippen molar-refractivity contribution < 1.29 is 18.7 Å². The molecule has 0 fully saturated rings. The Morgan fingerprint density at radius 3 is 2.38 bits per heavy atom. The quantitative estimate of drug-likeness (QED) is 0.760. The van der Waals surface area contributed by atoms with Gasteiger partial charge in [0.15, 0.2) is 0 Å². The molecule has 0 saturated heterocycles. The van der Waals surface area contributed by atoms with Crippen LogP contribution in [-0.4, -0.2) is 29.9 Å². The van der Waals surface area contributed by atoms with E-state index in [0.717, 1.165) is 0 Å². The SMILES string of the molecule is COc1cc(NC(=O)c2cnn(-c3ccccc3F)c2C)cc(OC)c1. The summed E-state index contributed by atoms with van der Waals surface area (Å²) in [6, 6.07) is 11.3. The number of nitrogens with zero attached hydrogens (tertiary/aromatic N) is 2. The van der Waals surface area contributed by atoms with Crippen LogP contribution in [-0.2, 0) is 0 Å². The summed E-state index contributed by atoms with van der Waals surface area (Å²) in [5, 5.41) is 6.93. The van der Waals surface area contributed by atoms with Crippen LogP contribution in [0.3, 0.4) is 0 Å². The molecule has 1 amide bonds. The second kappa shape index (κ2) is 7.26. The van der Waals surface area contributed by atoms with Gasteiger partial charge in [0.2, 0.25) is 0 Å². The van der Waals surface area contributed by atoms with Crippen LogP contribution in [0.15, 0.2) is 48.7 Å². The standard InChI is InChI=1S/C19H18FN3O3/c1-12-16(11-21-23(12)18-7-5-4-6-17(18)20)19(24)22-13-8-14(25-2)10-15(9-13)26-3/h4-11H,1-3H3,(H,22,24). The summed E-state index contributed by atoms with van der Waals surface area (Å²) in [5.74, 6) is 0.334. The van der Waals surface area contributed by atoms with Crippen molar-refractivity contribution in [1.82, 2.24) is 9.78 Å². The number of halogens is 1. The van der Waals surface area contributed by atoms with Crippen molar-refractivity contribution in [3.8, 4) is 17.2 Å². The molecular formula is C19H18FN3O3. The Morgan fingerprint density at radius 2 is 1.77 bits per heavy atom. The zero-order valence-corrected chi connectivity index (χ0v) is 14.6. The molecule has 0 aliphatic rings. The van der Waals surface area contributed by atoms with Gasteiger partial charge in [0, 0.05) is 23.9 Å². The van der Waals surface area contributed by atoms with Gasteiger partial charge in [-0.15, -0.1) is 0 Å². The van der Waals surface area contributed by atoms with E-state index in [0.29, 0.717) is 28.4 Å². The number of methoxy groups -OCH3 is 2. The number of carbonyl (C=O) groups is 1. The van der Waals surface area contributed by atoms with Gasteiger partial charge in [-0.05, 0) is 19.1 Å². The molecule has 26 heavy (non-hydrogen) atoms. The van der Waals surface area contributed by atoms with E-state index in [1.807, 2.05) is 0 Å². The fourth-order valence-corrected chi connectivity index (χ4v) is 2.58. The van der Waals surface area contributed by atoms with Crippen molar-refractivity contribution >= 4 is 11.6 Å². The molecule has 0 bridgehead atoms. The lowest BCUT2D eigenvalue weighted by Gasteiger charge is -2.10. The smallest absolute Gasteiger partial charge is 0.259 e. The number of hydrogen-bond acceptors (Lipinski definition) is 4. The highest BCUT2D eigenvalue weighted by atomic mass is 19.1. The number of nitrogens with one attached hydrogen (secondary N) is 1. The van der Waals surface area contributed by atoms with Crippen LogP contribution < -0.4 is 14.8 Å². The van der Waals surface area contributed by atoms with Gasteiger partial charge in [-0.3, -0.25) is 4.79 Å². The average Bonchev–Trinajstić information content (AvgIpc) is 3.03.